The van der Waals surface area contributed by atoms with Crippen LogP contribution in [0.15, 0.2) is 30.5 Å². The van der Waals surface area contributed by atoms with E-state index >= 15 is 0 Å². The van der Waals surface area contributed by atoms with Crippen LogP contribution in [0.2, 0.25) is 5.15 Å². The van der Waals surface area contributed by atoms with E-state index in [1.807, 2.05) is 37.1 Å². The van der Waals surface area contributed by atoms with Crippen LogP contribution in [0.4, 0.5) is 10.6 Å². The molecule has 2 aromatic heterocycles. The second-order valence-corrected chi connectivity index (χ2v) is 8.25. The van der Waals surface area contributed by atoms with Crippen molar-refractivity contribution in [1.82, 2.24) is 20.2 Å². The zero-order chi connectivity index (χ0) is 19.7. The lowest BCUT2D eigenvalue weighted by atomic mass is 10.1. The highest BCUT2D eigenvalue weighted by Gasteiger charge is 2.25. The van der Waals surface area contributed by atoms with Crippen LogP contribution in [0.25, 0.3) is 11.3 Å². The predicted octanol–water partition coefficient (Wildman–Crippen LogP) is 3.91. The number of rotatable bonds is 4. The highest BCUT2D eigenvalue weighted by atomic mass is 35.5. The lowest BCUT2D eigenvalue weighted by Gasteiger charge is -2.35. The predicted molar refractivity (Wildman–Crippen MR) is 112 cm³/mol. The Morgan fingerprint density at radius 2 is 1.93 bits per heavy atom. The zero-order valence-corrected chi connectivity index (χ0v) is 17.1. The summed E-state index contributed by atoms with van der Waals surface area (Å²) in [6.07, 6.45) is 4.33. The zero-order valence-electron chi connectivity index (χ0n) is 16.4. The minimum absolute atomic E-state index is 0.0106. The van der Waals surface area contributed by atoms with Gasteiger partial charge in [-0.05, 0) is 62.4 Å². The number of nitrogens with zero attached hydrogens (tertiary/aromatic N) is 4. The first kappa shape index (κ1) is 19.0. The maximum atomic E-state index is 12.1. The molecule has 1 saturated heterocycles. The highest BCUT2D eigenvalue weighted by molar-refractivity contribution is 6.29. The Morgan fingerprint density at radius 3 is 2.54 bits per heavy atom. The van der Waals surface area contributed by atoms with Gasteiger partial charge in [-0.25, -0.2) is 14.8 Å². The van der Waals surface area contributed by atoms with E-state index in [-0.39, 0.29) is 12.1 Å². The number of halogens is 1. The number of urea groups is 1. The van der Waals surface area contributed by atoms with E-state index in [1.165, 1.54) is 18.4 Å². The van der Waals surface area contributed by atoms with Gasteiger partial charge in [0, 0.05) is 44.0 Å². The fraction of sp³-hybridized carbons (Fsp3) is 0.476. The Balaban J connectivity index is 1.41. The fourth-order valence-corrected chi connectivity index (χ4v) is 3.74. The molecule has 0 spiro atoms. The second kappa shape index (κ2) is 7.95. The summed E-state index contributed by atoms with van der Waals surface area (Å²) < 4.78 is 0. The SMILES string of the molecule is CC(C)NC(=O)N1CCN(c2ccc(-c3cc(C4CC4)cc(Cl)n3)cn2)CC1. The summed E-state index contributed by atoms with van der Waals surface area (Å²) in [5.74, 6) is 1.56. The van der Waals surface area contributed by atoms with E-state index in [2.05, 4.69) is 32.3 Å². The number of pyridine rings is 2. The Morgan fingerprint density at radius 1 is 1.18 bits per heavy atom. The summed E-state index contributed by atoms with van der Waals surface area (Å²) in [5.41, 5.74) is 3.13. The van der Waals surface area contributed by atoms with Crippen LogP contribution in [0, 0.1) is 0 Å². The van der Waals surface area contributed by atoms with Gasteiger partial charge in [0.2, 0.25) is 0 Å². The number of hydrogen-bond acceptors (Lipinski definition) is 4. The van der Waals surface area contributed by atoms with Crippen molar-refractivity contribution in [2.45, 2.75) is 38.6 Å². The molecular weight excluding hydrogens is 374 g/mol. The number of hydrogen-bond donors (Lipinski definition) is 1. The van der Waals surface area contributed by atoms with Crippen LogP contribution in [0.5, 0.6) is 0 Å². The number of carbonyl (C=O) groups excluding carboxylic acids is 1. The molecule has 1 saturated carbocycles. The summed E-state index contributed by atoms with van der Waals surface area (Å²) in [7, 11) is 0. The van der Waals surface area contributed by atoms with Crippen molar-refractivity contribution in [2.75, 3.05) is 31.1 Å². The van der Waals surface area contributed by atoms with Crippen LogP contribution < -0.4 is 10.2 Å². The maximum Gasteiger partial charge on any atom is 0.317 e. The van der Waals surface area contributed by atoms with Crippen molar-refractivity contribution in [2.24, 2.45) is 0 Å². The third-order valence-electron chi connectivity index (χ3n) is 5.21. The van der Waals surface area contributed by atoms with Crippen molar-refractivity contribution in [1.29, 1.82) is 0 Å². The molecule has 4 rings (SSSR count). The molecule has 2 aliphatic rings. The second-order valence-electron chi connectivity index (χ2n) is 7.87. The monoisotopic (exact) mass is 399 g/mol. The van der Waals surface area contributed by atoms with Gasteiger partial charge in [0.1, 0.15) is 11.0 Å². The smallest absolute Gasteiger partial charge is 0.317 e. The van der Waals surface area contributed by atoms with Crippen molar-refractivity contribution in [3.05, 3.63) is 41.2 Å². The number of aromatic nitrogens is 2. The largest absolute Gasteiger partial charge is 0.353 e. The first-order valence-electron chi connectivity index (χ1n) is 9.94. The molecule has 148 valence electrons. The molecular formula is C21H26ClN5O. The molecule has 1 aliphatic carbocycles. The average molecular weight is 400 g/mol. The third-order valence-corrected chi connectivity index (χ3v) is 5.41. The quantitative estimate of drug-likeness (QED) is 0.791. The summed E-state index contributed by atoms with van der Waals surface area (Å²) >= 11 is 6.22. The Bertz CT molecular complexity index is 842. The van der Waals surface area contributed by atoms with Crippen LogP contribution in [-0.4, -0.2) is 53.1 Å². The average Bonchev–Trinajstić information content (AvgIpc) is 3.53. The molecule has 28 heavy (non-hydrogen) atoms. The van der Waals surface area contributed by atoms with E-state index in [4.69, 9.17) is 11.6 Å². The topological polar surface area (TPSA) is 61.4 Å². The molecule has 2 aromatic rings. The van der Waals surface area contributed by atoms with E-state index in [9.17, 15) is 4.79 Å². The van der Waals surface area contributed by atoms with Crippen molar-refractivity contribution in [3.8, 4) is 11.3 Å². The molecule has 1 aliphatic heterocycles. The molecule has 7 heteroatoms. The van der Waals surface area contributed by atoms with Gasteiger partial charge in [-0.3, -0.25) is 0 Å². The van der Waals surface area contributed by atoms with Gasteiger partial charge < -0.3 is 15.1 Å². The Kier molecular flexibility index (Phi) is 5.40. The van der Waals surface area contributed by atoms with E-state index < -0.39 is 0 Å². The van der Waals surface area contributed by atoms with Crippen molar-refractivity contribution in [3.63, 3.8) is 0 Å². The molecule has 0 radical (unpaired) electrons. The lowest BCUT2D eigenvalue weighted by molar-refractivity contribution is 0.191. The highest BCUT2D eigenvalue weighted by Crippen LogP contribution is 2.41. The van der Waals surface area contributed by atoms with E-state index in [0.29, 0.717) is 24.2 Å². The van der Waals surface area contributed by atoms with Gasteiger partial charge in [0.15, 0.2) is 0 Å². The first-order valence-corrected chi connectivity index (χ1v) is 10.3. The normalized spacial score (nSPS) is 17.1. The lowest BCUT2D eigenvalue weighted by Crippen LogP contribution is -2.53. The number of piperazine rings is 1. The van der Waals surface area contributed by atoms with Crippen molar-refractivity contribution < 1.29 is 4.79 Å². The first-order chi connectivity index (χ1) is 13.5. The molecule has 0 aromatic carbocycles. The Hall–Kier alpha value is -2.34. The van der Waals surface area contributed by atoms with Crippen LogP contribution in [-0.2, 0) is 0 Å². The summed E-state index contributed by atoms with van der Waals surface area (Å²) in [6, 6.07) is 8.34. The number of carbonyl (C=O) groups is 1. The van der Waals surface area contributed by atoms with E-state index in [1.54, 1.807) is 0 Å². The van der Waals surface area contributed by atoms with Gasteiger partial charge in [0.25, 0.3) is 0 Å². The van der Waals surface area contributed by atoms with Gasteiger partial charge in [-0.2, -0.15) is 0 Å². The van der Waals surface area contributed by atoms with Gasteiger partial charge in [-0.1, -0.05) is 11.6 Å². The van der Waals surface area contributed by atoms with Crippen molar-refractivity contribution >= 4 is 23.4 Å². The third kappa shape index (κ3) is 4.38. The standard InChI is InChI=1S/C21H26ClN5O/c1-14(2)24-21(28)27-9-7-26(8-10-27)20-6-5-16(13-23-20)18-11-17(15-3-4-15)12-19(22)25-18/h5-6,11-15H,3-4,7-10H2,1-2H3,(H,24,28). The molecule has 6 nitrogen and oxygen atoms in total. The molecule has 3 heterocycles. The van der Waals surface area contributed by atoms with Crippen LogP contribution >= 0.6 is 11.6 Å². The van der Waals surface area contributed by atoms with Gasteiger partial charge >= 0.3 is 6.03 Å². The van der Waals surface area contributed by atoms with Gasteiger partial charge in [0.05, 0.1) is 5.69 Å². The summed E-state index contributed by atoms with van der Waals surface area (Å²) in [6.45, 7) is 6.90. The maximum absolute atomic E-state index is 12.1. The fourth-order valence-electron chi connectivity index (χ4n) is 3.52. The number of nitrogens with one attached hydrogen (secondary N) is 1. The minimum atomic E-state index is 0.0106. The molecule has 0 unspecified atom stereocenters. The van der Waals surface area contributed by atoms with Gasteiger partial charge in [-0.15, -0.1) is 0 Å². The minimum Gasteiger partial charge on any atom is -0.353 e. The molecule has 1 N–H and O–H groups in total. The number of amides is 2. The summed E-state index contributed by atoms with van der Waals surface area (Å²) in [5, 5.41) is 3.49. The Labute approximate surface area is 170 Å². The molecule has 0 bridgehead atoms. The molecule has 0 atom stereocenters. The number of anilines is 1. The molecule has 2 amide bonds. The van der Waals surface area contributed by atoms with E-state index in [0.717, 1.165) is 30.2 Å². The van der Waals surface area contributed by atoms with Crippen LogP contribution in [0.1, 0.15) is 38.2 Å². The summed E-state index contributed by atoms with van der Waals surface area (Å²) in [4.78, 5) is 25.3. The van der Waals surface area contributed by atoms with Crippen LogP contribution in [0.3, 0.4) is 0 Å². The molecule has 2 fully saturated rings.